The van der Waals surface area contributed by atoms with E-state index in [1.807, 2.05) is 72.8 Å². The Bertz CT molecular complexity index is 3240. The topological polar surface area (TPSA) is 65.0 Å². The zero-order valence-electron chi connectivity index (χ0n) is 30.1. The van der Waals surface area contributed by atoms with E-state index in [4.69, 9.17) is 23.8 Å². The largest absolute Gasteiger partial charge is 0.456 e. The van der Waals surface area contributed by atoms with Gasteiger partial charge >= 0.3 is 0 Å². The smallest absolute Gasteiger partial charge is 0.164 e. The second-order valence-electron chi connectivity index (χ2n) is 14.0. The zero-order valence-corrected chi connectivity index (χ0v) is 30.1. The number of hydrogen-bond acceptors (Lipinski definition) is 5. The number of para-hydroxylation sites is 1. The lowest BCUT2D eigenvalue weighted by Gasteiger charge is -2.09. The number of furan rings is 2. The van der Waals surface area contributed by atoms with Crippen molar-refractivity contribution in [2.75, 3.05) is 0 Å². The van der Waals surface area contributed by atoms with E-state index in [-0.39, 0.29) is 0 Å². The van der Waals surface area contributed by atoms with E-state index in [1.54, 1.807) is 0 Å². The Hall–Kier alpha value is -7.63. The summed E-state index contributed by atoms with van der Waals surface area (Å²) in [4.78, 5) is 15.0. The maximum atomic E-state index is 6.63. The van der Waals surface area contributed by atoms with E-state index in [9.17, 15) is 0 Å². The average Bonchev–Trinajstić information content (AvgIpc) is 3.85. The summed E-state index contributed by atoms with van der Waals surface area (Å²) in [7, 11) is 0. The van der Waals surface area contributed by atoms with Crippen LogP contribution in [0.3, 0.4) is 0 Å². The molecule has 0 saturated heterocycles. The number of rotatable bonds is 6. The van der Waals surface area contributed by atoms with Gasteiger partial charge in [0.1, 0.15) is 22.3 Å². The van der Waals surface area contributed by atoms with Crippen molar-refractivity contribution in [1.82, 2.24) is 15.0 Å². The van der Waals surface area contributed by atoms with Crippen LogP contribution in [0.4, 0.5) is 0 Å². The molecule has 56 heavy (non-hydrogen) atoms. The highest BCUT2D eigenvalue weighted by Crippen LogP contribution is 2.43. The summed E-state index contributed by atoms with van der Waals surface area (Å²) in [6.45, 7) is 0. The highest BCUT2D eigenvalue weighted by atomic mass is 16.3. The van der Waals surface area contributed by atoms with Gasteiger partial charge in [-0.2, -0.15) is 0 Å². The van der Waals surface area contributed by atoms with E-state index in [2.05, 4.69) is 115 Å². The van der Waals surface area contributed by atoms with Crippen LogP contribution in [-0.2, 0) is 0 Å². The quantitative estimate of drug-likeness (QED) is 0.171. The first-order valence-electron chi connectivity index (χ1n) is 18.7. The number of fused-ring (bicyclic) bond motifs is 6. The van der Waals surface area contributed by atoms with Crippen LogP contribution in [-0.4, -0.2) is 15.0 Å². The molecule has 0 radical (unpaired) electrons. The molecule has 0 fully saturated rings. The molecule has 5 nitrogen and oxygen atoms in total. The molecule has 0 aliphatic heterocycles. The third-order valence-corrected chi connectivity index (χ3v) is 10.5. The molecule has 8 aromatic carbocycles. The lowest BCUT2D eigenvalue weighted by Crippen LogP contribution is -2.00. The average molecular weight is 718 g/mol. The van der Waals surface area contributed by atoms with Gasteiger partial charge in [-0.15, -0.1) is 0 Å². The molecule has 5 heteroatoms. The first kappa shape index (κ1) is 31.9. The summed E-state index contributed by atoms with van der Waals surface area (Å²) >= 11 is 0. The van der Waals surface area contributed by atoms with E-state index in [0.717, 1.165) is 93.9 Å². The summed E-state index contributed by atoms with van der Waals surface area (Å²) in [6.07, 6.45) is 0. The molecule has 3 heterocycles. The van der Waals surface area contributed by atoms with Gasteiger partial charge in [0, 0.05) is 43.8 Å². The lowest BCUT2D eigenvalue weighted by atomic mass is 9.94. The van der Waals surface area contributed by atoms with Gasteiger partial charge in [-0.05, 0) is 70.3 Å². The number of aromatic nitrogens is 3. The fourth-order valence-corrected chi connectivity index (χ4v) is 7.82. The van der Waals surface area contributed by atoms with Crippen molar-refractivity contribution in [2.24, 2.45) is 0 Å². The number of nitrogens with zero attached hydrogens (tertiary/aromatic N) is 3. The molecular weight excluding hydrogens is 687 g/mol. The SMILES string of the molecule is c1ccc(-c2cccc(-c3nc(-c4ccccc4)nc(-c4ccc5c(c4)oc4cc(-c6ccc(-c7ccccc7)c7c6oc6ccccc67)ccc45)n3)c2)cc1. The Morgan fingerprint density at radius 2 is 0.804 bits per heavy atom. The summed E-state index contributed by atoms with van der Waals surface area (Å²) in [5.74, 6) is 1.80. The van der Waals surface area contributed by atoms with E-state index in [1.165, 1.54) is 0 Å². The summed E-state index contributed by atoms with van der Waals surface area (Å²) in [5.41, 5.74) is 12.5. The van der Waals surface area contributed by atoms with Crippen LogP contribution in [0.15, 0.2) is 197 Å². The maximum absolute atomic E-state index is 6.63. The van der Waals surface area contributed by atoms with E-state index >= 15 is 0 Å². The van der Waals surface area contributed by atoms with E-state index in [0.29, 0.717) is 17.5 Å². The first-order chi connectivity index (χ1) is 27.7. The molecule has 11 aromatic rings. The second-order valence-corrected chi connectivity index (χ2v) is 14.0. The van der Waals surface area contributed by atoms with Gasteiger partial charge in [-0.1, -0.05) is 146 Å². The number of hydrogen-bond donors (Lipinski definition) is 0. The van der Waals surface area contributed by atoms with Crippen LogP contribution in [0.2, 0.25) is 0 Å². The molecule has 0 atom stereocenters. The standard InChI is InChI=1S/C51H31N3O2/c1-4-13-32(14-5-1)35-19-12-20-37(29-35)50-52-49(34-17-8-3-9-18-34)53-51(54-50)38-24-26-42-41-25-23-36(30-45(41)55-46(42)31-38)40-28-27-39(33-15-6-2-7-16-33)47-43-21-10-11-22-44(43)56-48(40)47/h1-31H. The van der Waals surface area contributed by atoms with Crippen LogP contribution in [0.25, 0.3) is 111 Å². The monoisotopic (exact) mass is 717 g/mol. The van der Waals surface area contributed by atoms with Crippen molar-refractivity contribution >= 4 is 43.9 Å². The Labute approximate surface area is 322 Å². The molecule has 0 N–H and O–H groups in total. The molecule has 0 saturated carbocycles. The molecule has 0 aliphatic carbocycles. The Morgan fingerprint density at radius 3 is 1.52 bits per heavy atom. The van der Waals surface area contributed by atoms with Crippen molar-refractivity contribution < 1.29 is 8.83 Å². The molecule has 0 bridgehead atoms. The molecular formula is C51H31N3O2. The fourth-order valence-electron chi connectivity index (χ4n) is 7.82. The van der Waals surface area contributed by atoms with Gasteiger partial charge in [-0.25, -0.2) is 15.0 Å². The van der Waals surface area contributed by atoms with Crippen LogP contribution in [0, 0.1) is 0 Å². The molecule has 3 aromatic heterocycles. The predicted octanol–water partition coefficient (Wildman–Crippen LogP) is 13.7. The van der Waals surface area contributed by atoms with Gasteiger partial charge in [0.25, 0.3) is 0 Å². The molecule has 262 valence electrons. The maximum Gasteiger partial charge on any atom is 0.164 e. The fraction of sp³-hybridized carbons (Fsp3) is 0. The molecule has 0 spiro atoms. The molecule has 0 unspecified atom stereocenters. The highest BCUT2D eigenvalue weighted by Gasteiger charge is 2.19. The highest BCUT2D eigenvalue weighted by molar-refractivity contribution is 6.17. The van der Waals surface area contributed by atoms with Crippen LogP contribution in [0.5, 0.6) is 0 Å². The Morgan fingerprint density at radius 1 is 0.286 bits per heavy atom. The number of benzene rings is 8. The Kier molecular flexibility index (Phi) is 7.42. The zero-order chi connectivity index (χ0) is 37.0. The normalized spacial score (nSPS) is 11.6. The van der Waals surface area contributed by atoms with Crippen molar-refractivity contribution in [1.29, 1.82) is 0 Å². The van der Waals surface area contributed by atoms with Crippen molar-refractivity contribution in [3.63, 3.8) is 0 Å². The minimum atomic E-state index is 0.577. The van der Waals surface area contributed by atoms with Gasteiger partial charge in [-0.3, -0.25) is 0 Å². The second kappa shape index (κ2) is 13.0. The van der Waals surface area contributed by atoms with Crippen LogP contribution in [0.1, 0.15) is 0 Å². The molecule has 0 aliphatic rings. The van der Waals surface area contributed by atoms with Gasteiger partial charge in [0.15, 0.2) is 17.5 Å². The summed E-state index contributed by atoms with van der Waals surface area (Å²) in [6, 6.07) is 64.5. The van der Waals surface area contributed by atoms with Crippen LogP contribution >= 0.6 is 0 Å². The molecule has 0 amide bonds. The lowest BCUT2D eigenvalue weighted by molar-refractivity contribution is 0.668. The first-order valence-corrected chi connectivity index (χ1v) is 18.7. The van der Waals surface area contributed by atoms with Crippen LogP contribution < -0.4 is 0 Å². The van der Waals surface area contributed by atoms with Gasteiger partial charge < -0.3 is 8.83 Å². The van der Waals surface area contributed by atoms with Crippen molar-refractivity contribution in [3.8, 4) is 67.5 Å². The van der Waals surface area contributed by atoms with Gasteiger partial charge in [0.05, 0.1) is 0 Å². The summed E-state index contributed by atoms with van der Waals surface area (Å²) < 4.78 is 13.2. The molecule has 11 rings (SSSR count). The Balaban J connectivity index is 1.02. The minimum Gasteiger partial charge on any atom is -0.456 e. The predicted molar refractivity (Wildman–Crippen MR) is 227 cm³/mol. The van der Waals surface area contributed by atoms with E-state index < -0.39 is 0 Å². The van der Waals surface area contributed by atoms with Gasteiger partial charge in [0.2, 0.25) is 0 Å². The van der Waals surface area contributed by atoms with Crippen molar-refractivity contribution in [2.45, 2.75) is 0 Å². The van der Waals surface area contributed by atoms with Crippen molar-refractivity contribution in [3.05, 3.63) is 188 Å². The minimum absolute atomic E-state index is 0.577. The third-order valence-electron chi connectivity index (χ3n) is 10.5. The summed E-state index contributed by atoms with van der Waals surface area (Å²) in [5, 5.41) is 4.27. The third kappa shape index (κ3) is 5.45.